The Morgan fingerprint density at radius 2 is 2.08 bits per heavy atom. The number of hydrogen-bond donors (Lipinski definition) is 0. The van der Waals surface area contributed by atoms with Crippen LogP contribution >= 0.6 is 0 Å². The van der Waals surface area contributed by atoms with Crippen molar-refractivity contribution in [2.75, 3.05) is 6.61 Å². The van der Waals surface area contributed by atoms with E-state index in [0.717, 1.165) is 0 Å². The van der Waals surface area contributed by atoms with Crippen molar-refractivity contribution in [2.45, 2.75) is 27.2 Å². The molecule has 0 amide bonds. The van der Waals surface area contributed by atoms with Crippen LogP contribution in [0.25, 0.3) is 0 Å². The zero-order chi connectivity index (χ0) is 10.3. The van der Waals surface area contributed by atoms with Gasteiger partial charge < -0.3 is 4.74 Å². The molecule has 3 heteroatoms. The van der Waals surface area contributed by atoms with Gasteiger partial charge in [-0.25, -0.2) is 0 Å². The highest BCUT2D eigenvalue weighted by atomic mass is 16.5. The van der Waals surface area contributed by atoms with E-state index in [1.165, 1.54) is 6.92 Å². The van der Waals surface area contributed by atoms with Gasteiger partial charge in [-0.05, 0) is 27.2 Å². The Bertz CT molecular complexity index is 206. The van der Waals surface area contributed by atoms with E-state index in [2.05, 4.69) is 0 Å². The van der Waals surface area contributed by atoms with Gasteiger partial charge in [0.15, 0.2) is 0 Å². The Morgan fingerprint density at radius 1 is 1.46 bits per heavy atom. The second-order valence-corrected chi connectivity index (χ2v) is 2.72. The summed E-state index contributed by atoms with van der Waals surface area (Å²) in [7, 11) is 0. The Labute approximate surface area is 78.8 Å². The Balaban J connectivity index is 4.23. The third kappa shape index (κ3) is 4.45. The minimum atomic E-state index is -0.629. The molecule has 13 heavy (non-hydrogen) atoms. The summed E-state index contributed by atoms with van der Waals surface area (Å²) in [4.78, 5) is 22.2. The van der Waals surface area contributed by atoms with Crippen LogP contribution in [0.1, 0.15) is 27.2 Å². The molecule has 0 rings (SSSR count). The molecule has 0 aliphatic rings. The minimum absolute atomic E-state index is 0.142. The molecule has 0 saturated heterocycles. The largest absolute Gasteiger partial charge is 0.465 e. The van der Waals surface area contributed by atoms with E-state index in [1.54, 1.807) is 13.0 Å². The standard InChI is InChI=1S/C10H16O3/c1-4-6-7-9(8(3)11)10(12)13-5-2/h4,6,9H,5,7H2,1-3H3/b6-4+. The average Bonchev–Trinajstić information content (AvgIpc) is 2.05. The number of carbonyl (C=O) groups is 2. The fraction of sp³-hybridized carbons (Fsp3) is 0.600. The van der Waals surface area contributed by atoms with Crippen LogP contribution in [0, 0.1) is 5.92 Å². The van der Waals surface area contributed by atoms with Crippen LogP contribution in [0.5, 0.6) is 0 Å². The van der Waals surface area contributed by atoms with Gasteiger partial charge in [-0.15, -0.1) is 0 Å². The third-order valence-electron chi connectivity index (χ3n) is 1.67. The molecule has 0 radical (unpaired) electrons. The summed E-state index contributed by atoms with van der Waals surface area (Å²) in [6.07, 6.45) is 4.04. The van der Waals surface area contributed by atoms with E-state index in [0.29, 0.717) is 13.0 Å². The maximum Gasteiger partial charge on any atom is 0.316 e. The quantitative estimate of drug-likeness (QED) is 0.371. The van der Waals surface area contributed by atoms with Crippen molar-refractivity contribution in [3.63, 3.8) is 0 Å². The van der Waals surface area contributed by atoms with Gasteiger partial charge in [0.05, 0.1) is 6.61 Å². The fourth-order valence-electron chi connectivity index (χ4n) is 0.943. The lowest BCUT2D eigenvalue weighted by atomic mass is 10.0. The molecule has 0 spiro atoms. The molecule has 3 nitrogen and oxygen atoms in total. The molecule has 0 saturated carbocycles. The number of Topliss-reactive ketones (excluding diaryl/α,β-unsaturated/α-hetero) is 1. The summed E-state index contributed by atoms with van der Waals surface area (Å²) >= 11 is 0. The monoisotopic (exact) mass is 184 g/mol. The number of esters is 1. The molecule has 74 valence electrons. The first kappa shape index (κ1) is 11.9. The Hall–Kier alpha value is -1.12. The second kappa shape index (κ2) is 6.40. The van der Waals surface area contributed by atoms with Crippen LogP contribution in [0.15, 0.2) is 12.2 Å². The maximum atomic E-state index is 11.2. The Kier molecular flexibility index (Phi) is 5.85. The van der Waals surface area contributed by atoms with Crippen LogP contribution < -0.4 is 0 Å². The van der Waals surface area contributed by atoms with E-state index >= 15 is 0 Å². The summed E-state index contributed by atoms with van der Waals surface area (Å²) in [6, 6.07) is 0. The summed E-state index contributed by atoms with van der Waals surface area (Å²) in [5.41, 5.74) is 0. The van der Waals surface area contributed by atoms with Crippen LogP contribution in [0.3, 0.4) is 0 Å². The molecule has 0 aromatic rings. The van der Waals surface area contributed by atoms with Crippen LogP contribution in [-0.4, -0.2) is 18.4 Å². The summed E-state index contributed by atoms with van der Waals surface area (Å²) < 4.78 is 4.77. The van der Waals surface area contributed by atoms with Crippen molar-refractivity contribution < 1.29 is 14.3 Å². The van der Waals surface area contributed by atoms with Gasteiger partial charge in [0, 0.05) is 0 Å². The smallest absolute Gasteiger partial charge is 0.316 e. The molecular weight excluding hydrogens is 168 g/mol. The van der Waals surface area contributed by atoms with Crippen molar-refractivity contribution in [1.82, 2.24) is 0 Å². The molecule has 0 aliphatic heterocycles. The molecule has 0 N–H and O–H groups in total. The van der Waals surface area contributed by atoms with E-state index in [9.17, 15) is 9.59 Å². The van der Waals surface area contributed by atoms with Gasteiger partial charge >= 0.3 is 5.97 Å². The lowest BCUT2D eigenvalue weighted by Crippen LogP contribution is -2.23. The zero-order valence-electron chi connectivity index (χ0n) is 8.37. The van der Waals surface area contributed by atoms with Crippen LogP contribution in [0.2, 0.25) is 0 Å². The van der Waals surface area contributed by atoms with Crippen molar-refractivity contribution >= 4 is 11.8 Å². The van der Waals surface area contributed by atoms with Crippen molar-refractivity contribution in [3.05, 3.63) is 12.2 Å². The predicted molar refractivity (Wildman–Crippen MR) is 50.2 cm³/mol. The van der Waals surface area contributed by atoms with Gasteiger partial charge in [0.1, 0.15) is 11.7 Å². The topological polar surface area (TPSA) is 43.4 Å². The first-order valence-corrected chi connectivity index (χ1v) is 4.41. The lowest BCUT2D eigenvalue weighted by molar-refractivity contribution is -0.150. The van der Waals surface area contributed by atoms with Gasteiger partial charge in [-0.1, -0.05) is 12.2 Å². The number of hydrogen-bond acceptors (Lipinski definition) is 3. The highest BCUT2D eigenvalue weighted by Gasteiger charge is 2.22. The van der Waals surface area contributed by atoms with Crippen LogP contribution in [-0.2, 0) is 14.3 Å². The Morgan fingerprint density at radius 3 is 2.46 bits per heavy atom. The number of rotatable bonds is 5. The van der Waals surface area contributed by atoms with Crippen molar-refractivity contribution in [3.8, 4) is 0 Å². The lowest BCUT2D eigenvalue weighted by Gasteiger charge is -2.09. The summed E-state index contributed by atoms with van der Waals surface area (Å²) in [5.74, 6) is -1.19. The first-order chi connectivity index (χ1) is 6.13. The summed E-state index contributed by atoms with van der Waals surface area (Å²) in [6.45, 7) is 5.30. The molecular formula is C10H16O3. The SMILES string of the molecule is C/C=C/CC(C(C)=O)C(=O)OCC. The zero-order valence-corrected chi connectivity index (χ0v) is 8.37. The van der Waals surface area contributed by atoms with Crippen molar-refractivity contribution in [1.29, 1.82) is 0 Å². The van der Waals surface area contributed by atoms with Crippen LogP contribution in [0.4, 0.5) is 0 Å². The summed E-state index contributed by atoms with van der Waals surface area (Å²) in [5, 5.41) is 0. The second-order valence-electron chi connectivity index (χ2n) is 2.72. The van der Waals surface area contributed by atoms with Crippen molar-refractivity contribution in [2.24, 2.45) is 5.92 Å². The number of allylic oxidation sites excluding steroid dienone is 2. The number of ether oxygens (including phenoxy) is 1. The van der Waals surface area contributed by atoms with E-state index < -0.39 is 11.9 Å². The molecule has 0 aliphatic carbocycles. The molecule has 0 aromatic heterocycles. The normalized spacial score (nSPS) is 12.8. The average molecular weight is 184 g/mol. The van der Waals surface area contributed by atoms with Gasteiger partial charge in [0.25, 0.3) is 0 Å². The van der Waals surface area contributed by atoms with Gasteiger partial charge in [0.2, 0.25) is 0 Å². The fourth-order valence-corrected chi connectivity index (χ4v) is 0.943. The maximum absolute atomic E-state index is 11.2. The molecule has 0 fully saturated rings. The predicted octanol–water partition coefficient (Wildman–Crippen LogP) is 1.72. The van der Waals surface area contributed by atoms with E-state index in [1.807, 2.05) is 13.0 Å². The van der Waals surface area contributed by atoms with Gasteiger partial charge in [-0.2, -0.15) is 0 Å². The minimum Gasteiger partial charge on any atom is -0.465 e. The van der Waals surface area contributed by atoms with Gasteiger partial charge in [-0.3, -0.25) is 9.59 Å². The molecule has 0 heterocycles. The number of carbonyl (C=O) groups excluding carboxylic acids is 2. The van der Waals surface area contributed by atoms with E-state index in [-0.39, 0.29) is 5.78 Å². The molecule has 1 unspecified atom stereocenters. The highest BCUT2D eigenvalue weighted by Crippen LogP contribution is 2.08. The third-order valence-corrected chi connectivity index (χ3v) is 1.67. The molecule has 1 atom stereocenters. The molecule has 0 bridgehead atoms. The van der Waals surface area contributed by atoms with E-state index in [4.69, 9.17) is 4.74 Å². The highest BCUT2D eigenvalue weighted by molar-refractivity contribution is 5.97. The molecule has 0 aromatic carbocycles. The first-order valence-electron chi connectivity index (χ1n) is 4.41. The number of ketones is 1.